The number of H-pyrrole nitrogens is 1. The molecule has 7 heteroatoms. The summed E-state index contributed by atoms with van der Waals surface area (Å²) >= 11 is 0. The predicted octanol–water partition coefficient (Wildman–Crippen LogP) is 4.30. The zero-order valence-corrected chi connectivity index (χ0v) is 13.9. The molecule has 2 N–H and O–H groups in total. The van der Waals surface area contributed by atoms with Gasteiger partial charge >= 0.3 is 6.18 Å². The Hall–Kier alpha value is -2.80. The highest BCUT2D eigenvalue weighted by Gasteiger charge is 2.32. The van der Waals surface area contributed by atoms with Crippen molar-refractivity contribution in [2.45, 2.75) is 25.9 Å². The first-order chi connectivity index (χ1) is 12.5. The SMILES string of the molecule is FC(F)(F)c1cnc(CNCc2ccc(OCc3ccccc3)cc2)[nH]1. The van der Waals surface area contributed by atoms with Crippen molar-refractivity contribution in [2.75, 3.05) is 0 Å². The predicted molar refractivity (Wildman–Crippen MR) is 91.3 cm³/mol. The lowest BCUT2D eigenvalue weighted by Gasteiger charge is -2.08. The molecule has 26 heavy (non-hydrogen) atoms. The van der Waals surface area contributed by atoms with Crippen LogP contribution in [0.25, 0.3) is 0 Å². The molecule has 0 aliphatic heterocycles. The molecule has 4 nitrogen and oxygen atoms in total. The molecule has 0 saturated carbocycles. The molecule has 0 aliphatic rings. The second-order valence-corrected chi connectivity index (χ2v) is 5.76. The van der Waals surface area contributed by atoms with Crippen molar-refractivity contribution in [1.29, 1.82) is 0 Å². The van der Waals surface area contributed by atoms with Crippen LogP contribution in [0, 0.1) is 0 Å². The van der Waals surface area contributed by atoms with Gasteiger partial charge in [-0.2, -0.15) is 13.2 Å². The van der Waals surface area contributed by atoms with Crippen LogP contribution in [0.4, 0.5) is 13.2 Å². The molecule has 0 aliphatic carbocycles. The number of aromatic amines is 1. The van der Waals surface area contributed by atoms with E-state index in [0.29, 0.717) is 13.2 Å². The topological polar surface area (TPSA) is 49.9 Å². The quantitative estimate of drug-likeness (QED) is 0.660. The molecular formula is C19H18F3N3O. The summed E-state index contributed by atoms with van der Waals surface area (Å²) in [6.45, 7) is 1.24. The number of rotatable bonds is 7. The van der Waals surface area contributed by atoms with Crippen molar-refractivity contribution in [2.24, 2.45) is 0 Å². The summed E-state index contributed by atoms with van der Waals surface area (Å²) in [6, 6.07) is 17.4. The molecule has 3 aromatic rings. The van der Waals surface area contributed by atoms with E-state index in [0.717, 1.165) is 23.1 Å². The summed E-state index contributed by atoms with van der Waals surface area (Å²) in [5, 5.41) is 3.06. The van der Waals surface area contributed by atoms with E-state index in [2.05, 4.69) is 15.3 Å². The highest BCUT2D eigenvalue weighted by molar-refractivity contribution is 5.27. The summed E-state index contributed by atoms with van der Waals surface area (Å²) in [6.07, 6.45) is -3.60. The van der Waals surface area contributed by atoms with E-state index in [1.165, 1.54) is 0 Å². The third kappa shape index (κ3) is 5.10. The number of hydrogen-bond acceptors (Lipinski definition) is 3. The van der Waals surface area contributed by atoms with E-state index < -0.39 is 11.9 Å². The third-order valence-corrected chi connectivity index (χ3v) is 3.73. The van der Waals surface area contributed by atoms with Crippen LogP contribution in [0.5, 0.6) is 5.75 Å². The summed E-state index contributed by atoms with van der Waals surface area (Å²) < 4.78 is 43.2. The Kier molecular flexibility index (Phi) is 5.58. The van der Waals surface area contributed by atoms with Gasteiger partial charge in [-0.15, -0.1) is 0 Å². The van der Waals surface area contributed by atoms with Crippen LogP contribution in [0.1, 0.15) is 22.6 Å². The zero-order chi connectivity index (χ0) is 18.4. The van der Waals surface area contributed by atoms with Crippen LogP contribution in [0.2, 0.25) is 0 Å². The molecule has 1 heterocycles. The molecule has 3 rings (SSSR count). The van der Waals surface area contributed by atoms with Crippen molar-refractivity contribution in [3.63, 3.8) is 0 Å². The Balaban J connectivity index is 1.45. The highest BCUT2D eigenvalue weighted by Crippen LogP contribution is 2.27. The maximum atomic E-state index is 12.5. The molecule has 0 atom stereocenters. The lowest BCUT2D eigenvalue weighted by molar-refractivity contribution is -0.140. The molecule has 0 saturated heterocycles. The molecule has 0 radical (unpaired) electrons. The zero-order valence-electron chi connectivity index (χ0n) is 13.9. The van der Waals surface area contributed by atoms with Gasteiger partial charge in [0.25, 0.3) is 0 Å². The van der Waals surface area contributed by atoms with Crippen molar-refractivity contribution >= 4 is 0 Å². The lowest BCUT2D eigenvalue weighted by Crippen LogP contribution is -2.14. The normalized spacial score (nSPS) is 11.5. The van der Waals surface area contributed by atoms with E-state index >= 15 is 0 Å². The molecule has 0 spiro atoms. The third-order valence-electron chi connectivity index (χ3n) is 3.73. The molecule has 0 unspecified atom stereocenters. The van der Waals surface area contributed by atoms with E-state index in [9.17, 15) is 13.2 Å². The Bertz CT molecular complexity index is 814. The number of imidazole rings is 1. The van der Waals surface area contributed by atoms with Crippen LogP contribution in [0.15, 0.2) is 60.8 Å². The van der Waals surface area contributed by atoms with Gasteiger partial charge in [-0.1, -0.05) is 42.5 Å². The molecule has 2 aromatic carbocycles. The molecule has 0 bridgehead atoms. The van der Waals surface area contributed by atoms with Gasteiger partial charge in [0.15, 0.2) is 0 Å². The number of nitrogens with one attached hydrogen (secondary N) is 2. The Morgan fingerprint density at radius 3 is 2.31 bits per heavy atom. The van der Waals surface area contributed by atoms with Crippen molar-refractivity contribution in [1.82, 2.24) is 15.3 Å². The average molecular weight is 361 g/mol. The van der Waals surface area contributed by atoms with Gasteiger partial charge in [0.05, 0.1) is 12.7 Å². The Morgan fingerprint density at radius 1 is 0.923 bits per heavy atom. The van der Waals surface area contributed by atoms with Crippen LogP contribution in [-0.4, -0.2) is 9.97 Å². The van der Waals surface area contributed by atoms with Crippen molar-refractivity contribution < 1.29 is 17.9 Å². The van der Waals surface area contributed by atoms with Gasteiger partial charge in [0.2, 0.25) is 0 Å². The minimum absolute atomic E-state index is 0.225. The molecule has 1 aromatic heterocycles. The van der Waals surface area contributed by atoms with Gasteiger partial charge in [0.1, 0.15) is 23.9 Å². The molecular weight excluding hydrogens is 343 g/mol. The van der Waals surface area contributed by atoms with E-state index in [-0.39, 0.29) is 12.4 Å². The largest absolute Gasteiger partial charge is 0.489 e. The standard InChI is InChI=1S/C19H18F3N3O/c20-19(21,22)17-11-24-18(25-17)12-23-10-14-6-8-16(9-7-14)26-13-15-4-2-1-3-5-15/h1-9,11,23H,10,12-13H2,(H,24,25). The van der Waals surface area contributed by atoms with Crippen LogP contribution in [-0.2, 0) is 25.9 Å². The van der Waals surface area contributed by atoms with E-state index in [1.54, 1.807) is 0 Å². The number of ether oxygens (including phenoxy) is 1. The second kappa shape index (κ2) is 8.05. The fourth-order valence-corrected chi connectivity index (χ4v) is 2.37. The second-order valence-electron chi connectivity index (χ2n) is 5.76. The summed E-state index contributed by atoms with van der Waals surface area (Å²) in [5.41, 5.74) is 1.25. The number of halogens is 3. The summed E-state index contributed by atoms with van der Waals surface area (Å²) in [7, 11) is 0. The molecule has 0 fully saturated rings. The van der Waals surface area contributed by atoms with Gasteiger partial charge in [-0.05, 0) is 23.3 Å². The fraction of sp³-hybridized carbons (Fsp3) is 0.211. The van der Waals surface area contributed by atoms with Gasteiger partial charge in [-0.3, -0.25) is 0 Å². The monoisotopic (exact) mass is 361 g/mol. The molecule has 0 amide bonds. The lowest BCUT2D eigenvalue weighted by atomic mass is 10.2. The molecule has 136 valence electrons. The first-order valence-corrected chi connectivity index (χ1v) is 8.08. The number of alkyl halides is 3. The first kappa shape index (κ1) is 18.0. The number of nitrogens with zero attached hydrogens (tertiary/aromatic N) is 1. The average Bonchev–Trinajstić information content (AvgIpc) is 3.11. The number of benzene rings is 2. The van der Waals surface area contributed by atoms with Gasteiger partial charge < -0.3 is 15.0 Å². The fourth-order valence-electron chi connectivity index (χ4n) is 2.37. The van der Waals surface area contributed by atoms with E-state index in [4.69, 9.17) is 4.74 Å². The first-order valence-electron chi connectivity index (χ1n) is 8.08. The van der Waals surface area contributed by atoms with Gasteiger partial charge in [-0.25, -0.2) is 4.98 Å². The van der Waals surface area contributed by atoms with Crippen molar-refractivity contribution in [3.8, 4) is 5.75 Å². The Morgan fingerprint density at radius 2 is 1.65 bits per heavy atom. The maximum absolute atomic E-state index is 12.5. The van der Waals surface area contributed by atoms with Crippen LogP contribution >= 0.6 is 0 Å². The van der Waals surface area contributed by atoms with E-state index in [1.807, 2.05) is 54.6 Å². The maximum Gasteiger partial charge on any atom is 0.432 e. The minimum atomic E-state index is -4.40. The Labute approximate surface area is 149 Å². The minimum Gasteiger partial charge on any atom is -0.489 e. The number of aromatic nitrogens is 2. The summed E-state index contributed by atoms with van der Waals surface area (Å²) in [5.74, 6) is 1.01. The van der Waals surface area contributed by atoms with Crippen LogP contribution < -0.4 is 10.1 Å². The van der Waals surface area contributed by atoms with Crippen molar-refractivity contribution in [3.05, 3.63) is 83.4 Å². The van der Waals surface area contributed by atoms with Crippen LogP contribution in [0.3, 0.4) is 0 Å². The smallest absolute Gasteiger partial charge is 0.432 e. The summed E-state index contributed by atoms with van der Waals surface area (Å²) in [4.78, 5) is 5.99. The van der Waals surface area contributed by atoms with Gasteiger partial charge in [0, 0.05) is 6.54 Å². The number of hydrogen-bond donors (Lipinski definition) is 2. The highest BCUT2D eigenvalue weighted by atomic mass is 19.4.